The monoisotopic (exact) mass is 370 g/mol. The molecular weight excluding hydrogens is 328 g/mol. The Hall–Kier alpha value is -0.393. The molecule has 1 rings (SSSR count). The zero-order valence-electron chi connectivity index (χ0n) is 17.8. The normalized spacial score (nSPS) is 17.7. The van der Waals surface area contributed by atoms with Gasteiger partial charge < -0.3 is 9.30 Å². The summed E-state index contributed by atoms with van der Waals surface area (Å²) in [6.45, 7) is 18.6. The van der Waals surface area contributed by atoms with Gasteiger partial charge in [-0.3, -0.25) is 9.69 Å². The van der Waals surface area contributed by atoms with E-state index in [-0.39, 0.29) is 5.97 Å². The van der Waals surface area contributed by atoms with Gasteiger partial charge in [0.05, 0.1) is 13.5 Å². The van der Waals surface area contributed by atoms with Crippen LogP contribution >= 0.6 is 0 Å². The largest absolute Gasteiger partial charge is 0.469 e. The van der Waals surface area contributed by atoms with Crippen molar-refractivity contribution >= 4 is 14.2 Å². The highest BCUT2D eigenvalue weighted by Gasteiger charge is 2.42. The zero-order chi connectivity index (χ0) is 19.0. The molecule has 0 aliphatic carbocycles. The minimum Gasteiger partial charge on any atom is -0.469 e. The van der Waals surface area contributed by atoms with Crippen LogP contribution in [0.15, 0.2) is 0 Å². The average molecular weight is 371 g/mol. The van der Waals surface area contributed by atoms with Gasteiger partial charge in [0, 0.05) is 19.8 Å². The summed E-state index contributed by atoms with van der Waals surface area (Å²) in [5.41, 5.74) is 0. The first-order valence-electron chi connectivity index (χ1n) is 10.2. The van der Waals surface area contributed by atoms with Gasteiger partial charge in [0.2, 0.25) is 0 Å². The van der Waals surface area contributed by atoms with Gasteiger partial charge in [-0.1, -0.05) is 41.5 Å². The van der Waals surface area contributed by atoms with Crippen LogP contribution in [0.2, 0.25) is 18.1 Å². The molecule has 4 nitrogen and oxygen atoms in total. The summed E-state index contributed by atoms with van der Waals surface area (Å²) in [4.78, 5) is 14.0. The second-order valence-corrected chi connectivity index (χ2v) is 13.5. The maximum Gasteiger partial charge on any atom is 0.306 e. The summed E-state index contributed by atoms with van der Waals surface area (Å²) in [7, 11) is -0.0319. The minimum atomic E-state index is -1.51. The summed E-state index contributed by atoms with van der Waals surface area (Å²) in [5.74, 6) is 2.19. The quantitative estimate of drug-likeness (QED) is 0.421. The Labute approximate surface area is 157 Å². The smallest absolute Gasteiger partial charge is 0.306 e. The molecule has 0 bridgehead atoms. The van der Waals surface area contributed by atoms with Crippen LogP contribution in [0.3, 0.4) is 0 Å². The minimum absolute atomic E-state index is 0.0906. The Balaban J connectivity index is 2.91. The van der Waals surface area contributed by atoms with Crippen LogP contribution in [-0.4, -0.2) is 57.1 Å². The fourth-order valence-corrected chi connectivity index (χ4v) is 11.7. The fourth-order valence-electron chi connectivity index (χ4n) is 4.71. The van der Waals surface area contributed by atoms with Gasteiger partial charge in [-0.25, -0.2) is 0 Å². The highest BCUT2D eigenvalue weighted by atomic mass is 28.3. The maximum absolute atomic E-state index is 11.5. The molecule has 1 fully saturated rings. The number of hydrogen-bond donors (Lipinski definition) is 0. The molecule has 148 valence electrons. The molecule has 1 saturated heterocycles. The number of nitrogens with zero attached hydrogens (tertiary/aromatic N) is 2. The van der Waals surface area contributed by atoms with Crippen molar-refractivity contribution < 1.29 is 9.53 Å². The highest BCUT2D eigenvalue weighted by Crippen LogP contribution is 2.36. The summed E-state index contributed by atoms with van der Waals surface area (Å²) < 4.78 is 7.71. The Morgan fingerprint density at radius 3 is 1.92 bits per heavy atom. The molecule has 0 atom stereocenters. The van der Waals surface area contributed by atoms with Gasteiger partial charge in [-0.05, 0) is 48.9 Å². The van der Waals surface area contributed by atoms with E-state index in [4.69, 9.17) is 4.74 Å². The fraction of sp³-hybridized carbons (Fsp3) is 0.950. The van der Waals surface area contributed by atoms with Crippen LogP contribution in [-0.2, 0) is 9.53 Å². The summed E-state index contributed by atoms with van der Waals surface area (Å²) >= 11 is 0. The Morgan fingerprint density at radius 2 is 1.48 bits per heavy atom. The van der Waals surface area contributed by atoms with E-state index in [1.165, 1.54) is 38.2 Å². The third kappa shape index (κ3) is 7.79. The van der Waals surface area contributed by atoms with E-state index in [0.717, 1.165) is 37.5 Å². The van der Waals surface area contributed by atoms with Crippen molar-refractivity contribution in [3.8, 4) is 0 Å². The maximum atomic E-state index is 11.5. The summed E-state index contributed by atoms with van der Waals surface area (Å²) in [5, 5.41) is 0. The van der Waals surface area contributed by atoms with Crippen LogP contribution in [0, 0.1) is 17.8 Å². The lowest BCUT2D eigenvalue weighted by Gasteiger charge is -2.50. The molecule has 1 aliphatic rings. The predicted octanol–water partition coefficient (Wildman–Crippen LogP) is 4.43. The Kier molecular flexibility index (Phi) is 9.68. The first kappa shape index (κ1) is 22.6. The highest BCUT2D eigenvalue weighted by molar-refractivity contribution is 6.77. The third-order valence-corrected chi connectivity index (χ3v) is 11.6. The van der Waals surface area contributed by atoms with E-state index in [1.807, 2.05) is 0 Å². The SMILES string of the molecule is COC(=O)CCN1CCCN([Si](CC(C)C)(CC(C)C)CC(C)C)C1. The van der Waals surface area contributed by atoms with Crippen LogP contribution in [0.25, 0.3) is 0 Å². The van der Waals surface area contributed by atoms with Gasteiger partial charge >= 0.3 is 5.97 Å². The average Bonchev–Trinajstić information content (AvgIpc) is 2.50. The molecule has 0 radical (unpaired) electrons. The van der Waals surface area contributed by atoms with Gasteiger partial charge in [-0.15, -0.1) is 0 Å². The standard InChI is InChI=1S/C20H42N2O2Si/c1-17(2)13-25(14-18(3)4,15-19(5)6)22-11-8-10-21(16-22)12-9-20(23)24-7/h17-19H,8-16H2,1-7H3. The molecule has 1 heterocycles. The molecule has 1 aliphatic heterocycles. The molecule has 0 amide bonds. The van der Waals surface area contributed by atoms with Crippen molar-refractivity contribution in [2.75, 3.05) is 33.4 Å². The molecule has 25 heavy (non-hydrogen) atoms. The number of carbonyl (C=O) groups is 1. The predicted molar refractivity (Wildman–Crippen MR) is 109 cm³/mol. The third-order valence-electron chi connectivity index (χ3n) is 5.17. The van der Waals surface area contributed by atoms with Gasteiger partial charge in [0.25, 0.3) is 0 Å². The number of ether oxygens (including phenoxy) is 1. The molecular formula is C20H42N2O2Si. The van der Waals surface area contributed by atoms with Crippen LogP contribution in [0.4, 0.5) is 0 Å². The number of esters is 1. The molecule has 0 unspecified atom stereocenters. The van der Waals surface area contributed by atoms with Crippen molar-refractivity contribution in [2.24, 2.45) is 17.8 Å². The molecule has 0 N–H and O–H groups in total. The number of carbonyl (C=O) groups excluding carboxylic acids is 1. The first-order valence-corrected chi connectivity index (χ1v) is 12.8. The van der Waals surface area contributed by atoms with E-state index in [1.54, 1.807) is 0 Å². The van der Waals surface area contributed by atoms with Crippen LogP contribution in [0.5, 0.6) is 0 Å². The van der Waals surface area contributed by atoms with Gasteiger partial charge in [-0.2, -0.15) is 0 Å². The van der Waals surface area contributed by atoms with Gasteiger partial charge in [0.15, 0.2) is 0 Å². The van der Waals surface area contributed by atoms with Crippen molar-refractivity contribution in [1.29, 1.82) is 0 Å². The molecule has 0 aromatic carbocycles. The Bertz CT molecular complexity index is 373. The summed E-state index contributed by atoms with van der Waals surface area (Å²) in [6, 6.07) is 4.19. The second-order valence-electron chi connectivity index (χ2n) is 9.22. The molecule has 0 aromatic heterocycles. The Morgan fingerprint density at radius 1 is 0.960 bits per heavy atom. The van der Waals surface area contributed by atoms with Crippen molar-refractivity contribution in [3.05, 3.63) is 0 Å². The number of methoxy groups -OCH3 is 1. The lowest BCUT2D eigenvalue weighted by atomic mass is 10.2. The van der Waals surface area contributed by atoms with E-state index in [2.05, 4.69) is 51.0 Å². The zero-order valence-corrected chi connectivity index (χ0v) is 18.8. The van der Waals surface area contributed by atoms with E-state index < -0.39 is 8.24 Å². The molecule has 0 aromatic rings. The molecule has 0 spiro atoms. The van der Waals surface area contributed by atoms with Gasteiger partial charge in [0.1, 0.15) is 8.24 Å². The first-order chi connectivity index (χ1) is 11.7. The molecule has 0 saturated carbocycles. The van der Waals surface area contributed by atoms with Crippen molar-refractivity contribution in [1.82, 2.24) is 9.47 Å². The second kappa shape index (κ2) is 10.7. The van der Waals surface area contributed by atoms with E-state index in [9.17, 15) is 4.79 Å². The number of rotatable bonds is 10. The van der Waals surface area contributed by atoms with Crippen molar-refractivity contribution in [2.45, 2.75) is 72.5 Å². The lowest BCUT2D eigenvalue weighted by molar-refractivity contribution is -0.141. The lowest BCUT2D eigenvalue weighted by Crippen LogP contribution is -2.61. The van der Waals surface area contributed by atoms with Crippen molar-refractivity contribution in [3.63, 3.8) is 0 Å². The number of hydrogen-bond acceptors (Lipinski definition) is 4. The van der Waals surface area contributed by atoms with E-state index >= 15 is 0 Å². The summed E-state index contributed by atoms with van der Waals surface area (Å²) in [6.07, 6.45) is 1.74. The van der Waals surface area contributed by atoms with E-state index in [0.29, 0.717) is 6.42 Å². The van der Waals surface area contributed by atoms with Crippen LogP contribution in [0.1, 0.15) is 54.4 Å². The molecule has 5 heteroatoms. The topological polar surface area (TPSA) is 32.8 Å². The van der Waals surface area contributed by atoms with Crippen LogP contribution < -0.4 is 0 Å².